The van der Waals surface area contributed by atoms with Crippen molar-refractivity contribution in [3.05, 3.63) is 33.5 Å². The van der Waals surface area contributed by atoms with Gasteiger partial charge in [-0.3, -0.25) is 0 Å². The fourth-order valence-corrected chi connectivity index (χ4v) is 2.35. The third-order valence-corrected chi connectivity index (χ3v) is 3.32. The van der Waals surface area contributed by atoms with Gasteiger partial charge in [0.25, 0.3) is 0 Å². The lowest BCUT2D eigenvalue weighted by molar-refractivity contribution is 0.415. The predicted molar refractivity (Wildman–Crippen MR) is 78.5 cm³/mol. The SMILES string of the molecule is CC(C)(C)NCc1nnnn1-c1ccc(Cl)cc1Br. The lowest BCUT2D eigenvalue weighted by atomic mass is 10.1. The third kappa shape index (κ3) is 3.75. The molecule has 0 bridgehead atoms. The van der Waals surface area contributed by atoms with Crippen LogP contribution in [0.2, 0.25) is 5.02 Å². The summed E-state index contributed by atoms with van der Waals surface area (Å²) < 4.78 is 2.54. The second-order valence-corrected chi connectivity index (χ2v) is 6.50. The number of nitrogens with one attached hydrogen (secondary N) is 1. The highest BCUT2D eigenvalue weighted by Gasteiger charge is 2.14. The molecule has 1 heterocycles. The molecule has 0 saturated heterocycles. The van der Waals surface area contributed by atoms with Crippen LogP contribution >= 0.6 is 27.5 Å². The van der Waals surface area contributed by atoms with Crippen molar-refractivity contribution < 1.29 is 0 Å². The molecule has 19 heavy (non-hydrogen) atoms. The Balaban J connectivity index is 2.28. The summed E-state index contributed by atoms with van der Waals surface area (Å²) in [4.78, 5) is 0. The summed E-state index contributed by atoms with van der Waals surface area (Å²) in [7, 11) is 0. The van der Waals surface area contributed by atoms with Gasteiger partial charge in [-0.15, -0.1) is 5.10 Å². The molecule has 0 spiro atoms. The normalized spacial score (nSPS) is 11.8. The number of nitrogens with zero attached hydrogens (tertiary/aromatic N) is 4. The van der Waals surface area contributed by atoms with Crippen molar-refractivity contribution in [2.24, 2.45) is 0 Å². The highest BCUT2D eigenvalue weighted by molar-refractivity contribution is 9.10. The van der Waals surface area contributed by atoms with Gasteiger partial charge in [0.1, 0.15) is 0 Å². The number of tetrazole rings is 1. The highest BCUT2D eigenvalue weighted by Crippen LogP contribution is 2.24. The molecule has 1 aromatic heterocycles. The first-order chi connectivity index (χ1) is 8.87. The Hall–Kier alpha value is -0.980. The summed E-state index contributed by atoms with van der Waals surface area (Å²) in [5.41, 5.74) is 0.869. The summed E-state index contributed by atoms with van der Waals surface area (Å²) in [5.74, 6) is 0.748. The second kappa shape index (κ2) is 5.56. The van der Waals surface area contributed by atoms with Crippen LogP contribution in [0.5, 0.6) is 0 Å². The van der Waals surface area contributed by atoms with Crippen molar-refractivity contribution in [3.63, 3.8) is 0 Å². The Labute approximate surface area is 125 Å². The quantitative estimate of drug-likeness (QED) is 0.930. The van der Waals surface area contributed by atoms with E-state index in [1.165, 1.54) is 0 Å². The van der Waals surface area contributed by atoms with Gasteiger partial charge < -0.3 is 5.32 Å². The number of benzene rings is 1. The van der Waals surface area contributed by atoms with Gasteiger partial charge in [-0.1, -0.05) is 11.6 Å². The number of hydrogen-bond acceptors (Lipinski definition) is 4. The molecule has 0 unspecified atom stereocenters. The van der Waals surface area contributed by atoms with Gasteiger partial charge in [-0.2, -0.15) is 4.68 Å². The molecule has 1 N–H and O–H groups in total. The fraction of sp³-hybridized carbons (Fsp3) is 0.417. The van der Waals surface area contributed by atoms with Crippen LogP contribution < -0.4 is 5.32 Å². The van der Waals surface area contributed by atoms with Gasteiger partial charge in [-0.25, -0.2) is 0 Å². The van der Waals surface area contributed by atoms with Crippen LogP contribution in [0.25, 0.3) is 5.69 Å². The van der Waals surface area contributed by atoms with Crippen molar-refractivity contribution in [3.8, 4) is 5.69 Å². The minimum absolute atomic E-state index is 0.00794. The molecule has 5 nitrogen and oxygen atoms in total. The molecular weight excluding hydrogens is 330 g/mol. The Kier molecular flexibility index (Phi) is 4.23. The zero-order valence-electron chi connectivity index (χ0n) is 11.0. The van der Waals surface area contributed by atoms with E-state index in [1.54, 1.807) is 4.68 Å². The van der Waals surface area contributed by atoms with E-state index < -0.39 is 0 Å². The first kappa shape index (κ1) is 14.4. The standard InChI is InChI=1S/C12H15BrClN5/c1-12(2,3)15-7-11-16-17-18-19(11)10-5-4-8(14)6-9(10)13/h4-6,15H,7H2,1-3H3. The average molecular weight is 345 g/mol. The summed E-state index contributed by atoms with van der Waals surface area (Å²) >= 11 is 9.41. The molecular formula is C12H15BrClN5. The summed E-state index contributed by atoms with van der Waals surface area (Å²) in [6.45, 7) is 6.88. The Morgan fingerprint density at radius 3 is 2.74 bits per heavy atom. The monoisotopic (exact) mass is 343 g/mol. The number of aromatic nitrogens is 4. The minimum Gasteiger partial charge on any atom is -0.305 e. The molecule has 0 atom stereocenters. The van der Waals surface area contributed by atoms with Crippen molar-refractivity contribution in [1.29, 1.82) is 0 Å². The van der Waals surface area contributed by atoms with Crippen LogP contribution in [0.3, 0.4) is 0 Å². The van der Waals surface area contributed by atoms with Crippen molar-refractivity contribution in [2.45, 2.75) is 32.9 Å². The van der Waals surface area contributed by atoms with E-state index in [2.05, 4.69) is 57.5 Å². The zero-order chi connectivity index (χ0) is 14.0. The van der Waals surface area contributed by atoms with Gasteiger partial charge in [-0.05, 0) is 65.3 Å². The number of rotatable bonds is 3. The maximum atomic E-state index is 5.94. The second-order valence-electron chi connectivity index (χ2n) is 5.21. The third-order valence-electron chi connectivity index (χ3n) is 2.45. The lowest BCUT2D eigenvalue weighted by Gasteiger charge is -2.20. The number of halogens is 2. The largest absolute Gasteiger partial charge is 0.305 e. The van der Waals surface area contributed by atoms with Gasteiger partial charge >= 0.3 is 0 Å². The summed E-state index contributed by atoms with van der Waals surface area (Å²) in [5, 5.41) is 15.8. The molecule has 0 fully saturated rings. The van der Waals surface area contributed by atoms with Crippen molar-refractivity contribution in [1.82, 2.24) is 25.5 Å². The summed E-state index contributed by atoms with van der Waals surface area (Å²) in [6, 6.07) is 5.51. The lowest BCUT2D eigenvalue weighted by Crippen LogP contribution is -2.35. The molecule has 7 heteroatoms. The Morgan fingerprint density at radius 2 is 2.11 bits per heavy atom. The van der Waals surface area contributed by atoms with Crippen LogP contribution in [-0.2, 0) is 6.54 Å². The molecule has 0 aliphatic carbocycles. The van der Waals surface area contributed by atoms with Crippen molar-refractivity contribution >= 4 is 27.5 Å². The molecule has 0 radical (unpaired) electrons. The van der Waals surface area contributed by atoms with Crippen LogP contribution in [0, 0.1) is 0 Å². The van der Waals surface area contributed by atoms with Crippen molar-refractivity contribution in [2.75, 3.05) is 0 Å². The molecule has 2 aromatic rings. The van der Waals surface area contributed by atoms with Crippen LogP contribution in [-0.4, -0.2) is 25.7 Å². The summed E-state index contributed by atoms with van der Waals surface area (Å²) in [6.07, 6.45) is 0. The average Bonchev–Trinajstić information content (AvgIpc) is 2.73. The minimum atomic E-state index is 0.00794. The molecule has 0 aliphatic rings. The van der Waals surface area contributed by atoms with E-state index in [0.717, 1.165) is 16.0 Å². The number of hydrogen-bond donors (Lipinski definition) is 1. The van der Waals surface area contributed by atoms with E-state index in [4.69, 9.17) is 11.6 Å². The molecule has 0 saturated carbocycles. The Bertz CT molecular complexity index is 576. The van der Waals surface area contributed by atoms with Crippen LogP contribution in [0.1, 0.15) is 26.6 Å². The first-order valence-electron chi connectivity index (χ1n) is 5.84. The first-order valence-corrected chi connectivity index (χ1v) is 7.01. The molecule has 0 aliphatic heterocycles. The smallest absolute Gasteiger partial charge is 0.170 e. The predicted octanol–water partition coefficient (Wildman–Crippen LogP) is 2.97. The van der Waals surface area contributed by atoms with E-state index in [0.29, 0.717) is 11.6 Å². The van der Waals surface area contributed by atoms with E-state index >= 15 is 0 Å². The maximum absolute atomic E-state index is 5.94. The molecule has 1 aromatic carbocycles. The molecule has 0 amide bonds. The zero-order valence-corrected chi connectivity index (χ0v) is 13.3. The molecule has 102 valence electrons. The van der Waals surface area contributed by atoms with Crippen LogP contribution in [0.4, 0.5) is 0 Å². The van der Waals surface area contributed by atoms with Gasteiger partial charge in [0.2, 0.25) is 0 Å². The van der Waals surface area contributed by atoms with Gasteiger partial charge in [0, 0.05) is 15.0 Å². The molecule has 2 rings (SSSR count). The van der Waals surface area contributed by atoms with E-state index in [1.807, 2.05) is 18.2 Å². The van der Waals surface area contributed by atoms with E-state index in [-0.39, 0.29) is 5.54 Å². The Morgan fingerprint density at radius 1 is 1.37 bits per heavy atom. The fourth-order valence-electron chi connectivity index (χ4n) is 1.50. The topological polar surface area (TPSA) is 55.6 Å². The maximum Gasteiger partial charge on any atom is 0.170 e. The van der Waals surface area contributed by atoms with Gasteiger partial charge in [0.15, 0.2) is 5.82 Å². The highest BCUT2D eigenvalue weighted by atomic mass is 79.9. The van der Waals surface area contributed by atoms with Crippen LogP contribution in [0.15, 0.2) is 22.7 Å². The van der Waals surface area contributed by atoms with Gasteiger partial charge in [0.05, 0.1) is 12.2 Å². The van der Waals surface area contributed by atoms with E-state index in [9.17, 15) is 0 Å².